The molecule has 1 aromatic heterocycles. The fraction of sp³-hybridized carbons (Fsp3) is 0.0870. The molecule has 0 aliphatic carbocycles. The lowest BCUT2D eigenvalue weighted by atomic mass is 10.1. The van der Waals surface area contributed by atoms with Crippen LogP contribution in [0.5, 0.6) is 5.75 Å². The van der Waals surface area contributed by atoms with E-state index in [1.807, 2.05) is 12.1 Å². The molecule has 0 N–H and O–H groups in total. The van der Waals surface area contributed by atoms with Gasteiger partial charge >= 0.3 is 0 Å². The molecule has 1 heterocycles. The van der Waals surface area contributed by atoms with Crippen molar-refractivity contribution >= 4 is 34.7 Å². The Balaban J connectivity index is 1.67. The fourth-order valence-corrected chi connectivity index (χ4v) is 4.38. The van der Waals surface area contributed by atoms with E-state index in [1.165, 1.54) is 17.0 Å². The third-order valence-corrected chi connectivity index (χ3v) is 6.39. The van der Waals surface area contributed by atoms with Gasteiger partial charge in [0.15, 0.2) is 0 Å². The highest BCUT2D eigenvalue weighted by atomic mass is 35.5. The molecule has 0 amide bonds. The first-order chi connectivity index (χ1) is 14.1. The summed E-state index contributed by atoms with van der Waals surface area (Å²) in [6, 6.07) is 22.1. The van der Waals surface area contributed by atoms with Gasteiger partial charge in [0, 0.05) is 15.5 Å². The zero-order chi connectivity index (χ0) is 20.2. The summed E-state index contributed by atoms with van der Waals surface area (Å²) < 4.78 is 19.3. The molecule has 3 aromatic carbocycles. The summed E-state index contributed by atoms with van der Waals surface area (Å²) in [4.78, 5) is 7.04. The maximum Gasteiger partial charge on any atom is 0.140 e. The first kappa shape index (κ1) is 20.0. The Hall–Kier alpha value is -2.34. The lowest BCUT2D eigenvalue weighted by Crippen LogP contribution is -1.94. The van der Waals surface area contributed by atoms with Gasteiger partial charge in [0.2, 0.25) is 0 Å². The van der Waals surface area contributed by atoms with Gasteiger partial charge in [0.05, 0.1) is 10.6 Å². The van der Waals surface area contributed by atoms with Crippen LogP contribution in [-0.2, 0) is 6.61 Å². The molecule has 0 aliphatic heterocycles. The van der Waals surface area contributed by atoms with Crippen molar-refractivity contribution in [1.29, 1.82) is 0 Å². The predicted octanol–water partition coefficient (Wildman–Crippen LogP) is 7.57. The second-order valence-electron chi connectivity index (χ2n) is 6.26. The third kappa shape index (κ3) is 4.81. The average Bonchev–Trinajstić information content (AvgIpc) is 3.18. The monoisotopic (exact) mass is 441 g/mol. The first-order valence-corrected chi connectivity index (χ1v) is 11.3. The Morgan fingerprint density at radius 2 is 1.59 bits per heavy atom. The van der Waals surface area contributed by atoms with Crippen LogP contribution in [0.4, 0.5) is 4.39 Å². The van der Waals surface area contributed by atoms with Crippen LogP contribution in [0.3, 0.4) is 0 Å². The Bertz CT molecular complexity index is 1090. The lowest BCUT2D eigenvalue weighted by Gasteiger charge is -2.04. The molecule has 29 heavy (non-hydrogen) atoms. The molecule has 0 atom stereocenters. The Morgan fingerprint density at radius 1 is 0.931 bits per heavy atom. The van der Waals surface area contributed by atoms with Crippen molar-refractivity contribution in [2.24, 2.45) is 0 Å². The number of thiazole rings is 1. The van der Waals surface area contributed by atoms with Gasteiger partial charge in [-0.25, -0.2) is 9.37 Å². The minimum atomic E-state index is -0.263. The van der Waals surface area contributed by atoms with Crippen LogP contribution in [0.15, 0.2) is 77.7 Å². The summed E-state index contributed by atoms with van der Waals surface area (Å²) in [6.07, 6.45) is 2.05. The smallest absolute Gasteiger partial charge is 0.140 e. The van der Waals surface area contributed by atoms with E-state index in [2.05, 4.69) is 30.5 Å². The van der Waals surface area contributed by atoms with Crippen LogP contribution in [-0.4, -0.2) is 11.2 Å². The summed E-state index contributed by atoms with van der Waals surface area (Å²) in [5, 5.41) is 1.52. The molecule has 6 heteroatoms. The summed E-state index contributed by atoms with van der Waals surface area (Å²) in [6.45, 7) is 0.351. The molecule has 0 unspecified atom stereocenters. The zero-order valence-electron chi connectivity index (χ0n) is 15.6. The van der Waals surface area contributed by atoms with Crippen molar-refractivity contribution in [2.75, 3.05) is 6.26 Å². The predicted molar refractivity (Wildman–Crippen MR) is 121 cm³/mol. The molecule has 2 nitrogen and oxygen atoms in total. The van der Waals surface area contributed by atoms with E-state index in [4.69, 9.17) is 21.3 Å². The molecule has 0 radical (unpaired) electrons. The van der Waals surface area contributed by atoms with Gasteiger partial charge in [-0.3, -0.25) is 0 Å². The Labute approximate surface area is 182 Å². The van der Waals surface area contributed by atoms with E-state index < -0.39 is 0 Å². The van der Waals surface area contributed by atoms with Gasteiger partial charge in [0.25, 0.3) is 0 Å². The van der Waals surface area contributed by atoms with Crippen LogP contribution in [0.1, 0.15) is 5.01 Å². The number of thioether (sulfide) groups is 1. The van der Waals surface area contributed by atoms with E-state index in [1.54, 1.807) is 47.4 Å². The van der Waals surface area contributed by atoms with E-state index in [9.17, 15) is 4.39 Å². The van der Waals surface area contributed by atoms with E-state index in [0.29, 0.717) is 11.6 Å². The standard InChI is InChI=1S/C23H17ClFNOS2/c1-28-20-12-4-16(5-13-20)23-22(15-2-8-18(25)9-3-15)26-21(29-23)14-27-19-10-6-17(24)7-11-19/h2-13H,14H2,1H3. The van der Waals surface area contributed by atoms with Crippen molar-refractivity contribution in [3.63, 3.8) is 0 Å². The van der Waals surface area contributed by atoms with Crippen molar-refractivity contribution in [1.82, 2.24) is 4.98 Å². The number of rotatable bonds is 6. The molecule has 0 aliphatic rings. The van der Waals surface area contributed by atoms with Crippen LogP contribution in [0.25, 0.3) is 21.7 Å². The molecule has 0 spiro atoms. The van der Waals surface area contributed by atoms with Gasteiger partial charge in [-0.1, -0.05) is 23.7 Å². The summed E-state index contributed by atoms with van der Waals surface area (Å²) >= 11 is 9.22. The average molecular weight is 442 g/mol. The molecule has 146 valence electrons. The SMILES string of the molecule is CSc1ccc(-c2sc(COc3ccc(Cl)cc3)nc2-c2ccc(F)cc2)cc1. The van der Waals surface area contributed by atoms with Crippen LogP contribution < -0.4 is 4.74 Å². The van der Waals surface area contributed by atoms with Crippen molar-refractivity contribution < 1.29 is 9.13 Å². The van der Waals surface area contributed by atoms with Crippen molar-refractivity contribution in [2.45, 2.75) is 11.5 Å². The molecule has 0 bridgehead atoms. The number of aromatic nitrogens is 1. The second kappa shape index (κ2) is 8.99. The molecule has 4 aromatic rings. The summed E-state index contributed by atoms with van der Waals surface area (Å²) in [7, 11) is 0. The van der Waals surface area contributed by atoms with Gasteiger partial charge in [-0.05, 0) is 72.5 Å². The number of nitrogens with zero attached hydrogens (tertiary/aromatic N) is 1. The summed E-state index contributed by atoms with van der Waals surface area (Å²) in [5.74, 6) is 0.472. The number of hydrogen-bond acceptors (Lipinski definition) is 4. The highest BCUT2D eigenvalue weighted by Crippen LogP contribution is 2.38. The van der Waals surface area contributed by atoms with Crippen molar-refractivity contribution in [3.05, 3.63) is 88.6 Å². The minimum Gasteiger partial charge on any atom is -0.486 e. The number of ether oxygens (including phenoxy) is 1. The quantitative estimate of drug-likeness (QED) is 0.288. The van der Waals surface area contributed by atoms with Gasteiger partial charge in [0.1, 0.15) is 23.2 Å². The van der Waals surface area contributed by atoms with Crippen LogP contribution in [0, 0.1) is 5.82 Å². The zero-order valence-corrected chi connectivity index (χ0v) is 18.0. The van der Waals surface area contributed by atoms with E-state index in [-0.39, 0.29) is 5.82 Å². The normalized spacial score (nSPS) is 10.9. The fourth-order valence-electron chi connectivity index (χ4n) is 2.84. The van der Waals surface area contributed by atoms with Gasteiger partial charge in [-0.15, -0.1) is 23.1 Å². The molecule has 4 rings (SSSR count). The molecule has 0 saturated carbocycles. The molecular weight excluding hydrogens is 425 g/mol. The van der Waals surface area contributed by atoms with Crippen molar-refractivity contribution in [3.8, 4) is 27.4 Å². The number of halogens is 2. The minimum absolute atomic E-state index is 0.263. The van der Waals surface area contributed by atoms with Gasteiger partial charge in [-0.2, -0.15) is 0 Å². The highest BCUT2D eigenvalue weighted by Gasteiger charge is 2.16. The Morgan fingerprint density at radius 3 is 2.24 bits per heavy atom. The number of benzene rings is 3. The molecule has 0 saturated heterocycles. The maximum atomic E-state index is 13.4. The number of hydrogen-bond donors (Lipinski definition) is 0. The van der Waals surface area contributed by atoms with E-state index in [0.717, 1.165) is 32.5 Å². The largest absolute Gasteiger partial charge is 0.486 e. The van der Waals surface area contributed by atoms with Crippen LogP contribution >= 0.6 is 34.7 Å². The molecule has 0 fully saturated rings. The van der Waals surface area contributed by atoms with E-state index >= 15 is 0 Å². The topological polar surface area (TPSA) is 22.1 Å². The summed E-state index contributed by atoms with van der Waals surface area (Å²) in [5.41, 5.74) is 2.79. The Kier molecular flexibility index (Phi) is 6.19. The first-order valence-electron chi connectivity index (χ1n) is 8.91. The molecular formula is C23H17ClFNOS2. The van der Waals surface area contributed by atoms with Gasteiger partial charge < -0.3 is 4.74 Å². The highest BCUT2D eigenvalue weighted by molar-refractivity contribution is 7.98. The van der Waals surface area contributed by atoms with Crippen LogP contribution in [0.2, 0.25) is 5.02 Å². The second-order valence-corrected chi connectivity index (χ2v) is 8.66. The third-order valence-electron chi connectivity index (χ3n) is 4.32. The maximum absolute atomic E-state index is 13.4. The lowest BCUT2D eigenvalue weighted by molar-refractivity contribution is 0.305.